The number of pyridine rings is 1. The van der Waals surface area contributed by atoms with Crippen molar-refractivity contribution in [3.05, 3.63) is 23.4 Å². The maximum atomic E-state index is 5.94. The van der Waals surface area contributed by atoms with Gasteiger partial charge in [-0.05, 0) is 31.4 Å². The van der Waals surface area contributed by atoms with Crippen molar-refractivity contribution in [2.75, 3.05) is 18.1 Å². The van der Waals surface area contributed by atoms with Gasteiger partial charge < -0.3 is 15.4 Å². The molecule has 0 radical (unpaired) electrons. The van der Waals surface area contributed by atoms with Gasteiger partial charge >= 0.3 is 0 Å². The van der Waals surface area contributed by atoms with Gasteiger partial charge in [-0.25, -0.2) is 4.98 Å². The van der Waals surface area contributed by atoms with Crippen LogP contribution in [0.5, 0.6) is 0 Å². The monoisotopic (exact) mass is 261 g/mol. The van der Waals surface area contributed by atoms with Crippen LogP contribution in [0.25, 0.3) is 0 Å². The van der Waals surface area contributed by atoms with Gasteiger partial charge in [-0.2, -0.15) is 0 Å². The minimum atomic E-state index is 0.385. The largest absolute Gasteiger partial charge is 0.374 e. The zero-order valence-corrected chi connectivity index (χ0v) is 11.6. The summed E-state index contributed by atoms with van der Waals surface area (Å²) in [5.74, 6) is 1.09. The molecule has 104 valence electrons. The van der Waals surface area contributed by atoms with Crippen molar-refractivity contribution in [1.29, 1.82) is 0 Å². The molecule has 2 atom stereocenters. The molecule has 2 unspecified atom stereocenters. The highest BCUT2D eigenvalue weighted by atomic mass is 16.5. The lowest BCUT2D eigenvalue weighted by molar-refractivity contribution is -0.00905. The first kappa shape index (κ1) is 12.9. The van der Waals surface area contributed by atoms with E-state index in [9.17, 15) is 0 Å². The number of hydrogen-bond donors (Lipinski definition) is 1. The molecule has 1 aliphatic carbocycles. The SMILES string of the molecule is Cc1ccnc(N2CCOC3CCCCC32)c1CN. The van der Waals surface area contributed by atoms with Gasteiger partial charge in [0.1, 0.15) is 5.82 Å². The summed E-state index contributed by atoms with van der Waals surface area (Å²) in [6.07, 6.45) is 7.27. The number of rotatable bonds is 2. The highest BCUT2D eigenvalue weighted by Crippen LogP contribution is 2.33. The molecule has 2 heterocycles. The van der Waals surface area contributed by atoms with E-state index in [1.807, 2.05) is 12.3 Å². The predicted octanol–water partition coefficient (Wildman–Crippen LogP) is 2.00. The molecule has 1 saturated heterocycles. The molecule has 1 aliphatic heterocycles. The van der Waals surface area contributed by atoms with Crippen molar-refractivity contribution in [1.82, 2.24) is 4.98 Å². The summed E-state index contributed by atoms with van der Waals surface area (Å²) < 4.78 is 5.94. The Balaban J connectivity index is 1.94. The quantitative estimate of drug-likeness (QED) is 0.884. The van der Waals surface area contributed by atoms with Crippen LogP contribution in [0.15, 0.2) is 12.3 Å². The van der Waals surface area contributed by atoms with E-state index in [4.69, 9.17) is 10.5 Å². The maximum absolute atomic E-state index is 5.94. The second kappa shape index (κ2) is 5.47. The second-order valence-corrected chi connectivity index (χ2v) is 5.59. The average molecular weight is 261 g/mol. The van der Waals surface area contributed by atoms with Crippen LogP contribution in [-0.4, -0.2) is 30.3 Å². The lowest BCUT2D eigenvalue weighted by Crippen LogP contribution is -2.53. The van der Waals surface area contributed by atoms with Gasteiger partial charge in [-0.3, -0.25) is 0 Å². The average Bonchev–Trinajstić information content (AvgIpc) is 2.46. The molecule has 19 heavy (non-hydrogen) atoms. The Morgan fingerprint density at radius 3 is 3.11 bits per heavy atom. The van der Waals surface area contributed by atoms with E-state index in [1.54, 1.807) is 0 Å². The van der Waals surface area contributed by atoms with Crippen molar-refractivity contribution < 1.29 is 4.74 Å². The highest BCUT2D eigenvalue weighted by molar-refractivity contribution is 5.51. The molecule has 3 rings (SSSR count). The van der Waals surface area contributed by atoms with Crippen LogP contribution in [-0.2, 0) is 11.3 Å². The zero-order chi connectivity index (χ0) is 13.2. The third kappa shape index (κ3) is 2.35. The predicted molar refractivity (Wildman–Crippen MR) is 76.2 cm³/mol. The van der Waals surface area contributed by atoms with Crippen LogP contribution in [0.1, 0.15) is 36.8 Å². The summed E-state index contributed by atoms with van der Waals surface area (Å²) in [4.78, 5) is 7.06. The van der Waals surface area contributed by atoms with Crippen molar-refractivity contribution >= 4 is 5.82 Å². The lowest BCUT2D eigenvalue weighted by atomic mass is 9.89. The smallest absolute Gasteiger partial charge is 0.133 e. The molecule has 4 heteroatoms. The summed E-state index contributed by atoms with van der Waals surface area (Å²) in [6.45, 7) is 4.42. The van der Waals surface area contributed by atoms with Gasteiger partial charge in [0.05, 0.1) is 18.8 Å². The number of hydrogen-bond acceptors (Lipinski definition) is 4. The minimum absolute atomic E-state index is 0.385. The first-order valence-corrected chi connectivity index (χ1v) is 7.34. The summed E-state index contributed by atoms with van der Waals surface area (Å²) in [5.41, 5.74) is 8.36. The Kier molecular flexibility index (Phi) is 3.71. The Morgan fingerprint density at radius 1 is 1.42 bits per heavy atom. The number of anilines is 1. The van der Waals surface area contributed by atoms with Gasteiger partial charge in [0.2, 0.25) is 0 Å². The molecule has 0 aromatic carbocycles. The lowest BCUT2D eigenvalue weighted by Gasteiger charge is -2.45. The van der Waals surface area contributed by atoms with Crippen LogP contribution in [0.2, 0.25) is 0 Å². The van der Waals surface area contributed by atoms with Gasteiger partial charge in [-0.15, -0.1) is 0 Å². The Morgan fingerprint density at radius 2 is 2.26 bits per heavy atom. The third-order valence-corrected chi connectivity index (χ3v) is 4.48. The van der Waals surface area contributed by atoms with E-state index in [0.29, 0.717) is 18.7 Å². The van der Waals surface area contributed by atoms with Crippen LogP contribution >= 0.6 is 0 Å². The molecule has 0 spiro atoms. The fourth-order valence-corrected chi connectivity index (χ4v) is 3.43. The molecule has 1 aromatic rings. The Bertz CT molecular complexity index is 447. The van der Waals surface area contributed by atoms with Gasteiger partial charge in [0.25, 0.3) is 0 Å². The number of aromatic nitrogens is 1. The van der Waals surface area contributed by atoms with Gasteiger partial charge in [0.15, 0.2) is 0 Å². The second-order valence-electron chi connectivity index (χ2n) is 5.59. The summed E-state index contributed by atoms with van der Waals surface area (Å²) in [7, 11) is 0. The maximum Gasteiger partial charge on any atom is 0.133 e. The number of ether oxygens (including phenoxy) is 1. The van der Waals surface area contributed by atoms with Crippen LogP contribution in [0, 0.1) is 6.92 Å². The van der Waals surface area contributed by atoms with Gasteiger partial charge in [-0.1, -0.05) is 12.8 Å². The van der Waals surface area contributed by atoms with Crippen LogP contribution in [0.4, 0.5) is 5.82 Å². The Labute approximate surface area is 115 Å². The number of morpholine rings is 1. The standard InChI is InChI=1S/C15H23N3O/c1-11-6-7-17-15(12(11)10-16)18-8-9-19-14-5-3-2-4-13(14)18/h6-7,13-14H,2-5,8-10,16H2,1H3. The molecule has 0 amide bonds. The fourth-order valence-electron chi connectivity index (χ4n) is 3.43. The van der Waals surface area contributed by atoms with Crippen molar-refractivity contribution in [2.45, 2.75) is 51.3 Å². The van der Waals surface area contributed by atoms with Crippen LogP contribution < -0.4 is 10.6 Å². The minimum Gasteiger partial charge on any atom is -0.374 e. The van der Waals surface area contributed by atoms with Crippen molar-refractivity contribution in [2.24, 2.45) is 5.73 Å². The molecule has 4 nitrogen and oxygen atoms in total. The number of nitrogens with two attached hydrogens (primary N) is 1. The van der Waals surface area contributed by atoms with E-state index in [0.717, 1.165) is 19.0 Å². The third-order valence-electron chi connectivity index (χ3n) is 4.48. The molecule has 2 fully saturated rings. The molecular formula is C15H23N3O. The molecule has 2 aliphatic rings. The molecule has 1 aromatic heterocycles. The first-order chi connectivity index (χ1) is 9.31. The highest BCUT2D eigenvalue weighted by Gasteiger charge is 2.35. The fraction of sp³-hybridized carbons (Fsp3) is 0.667. The summed E-state index contributed by atoms with van der Waals surface area (Å²) in [6, 6.07) is 2.53. The number of fused-ring (bicyclic) bond motifs is 1. The molecular weight excluding hydrogens is 238 g/mol. The van der Waals surface area contributed by atoms with E-state index >= 15 is 0 Å². The zero-order valence-electron chi connectivity index (χ0n) is 11.6. The van der Waals surface area contributed by atoms with E-state index in [-0.39, 0.29) is 0 Å². The van der Waals surface area contributed by atoms with E-state index < -0.39 is 0 Å². The molecule has 2 N–H and O–H groups in total. The molecule has 1 saturated carbocycles. The summed E-state index contributed by atoms with van der Waals surface area (Å²) in [5, 5.41) is 0. The normalized spacial score (nSPS) is 27.2. The van der Waals surface area contributed by atoms with E-state index in [2.05, 4.69) is 16.8 Å². The van der Waals surface area contributed by atoms with Gasteiger partial charge in [0, 0.05) is 24.8 Å². The van der Waals surface area contributed by atoms with Crippen molar-refractivity contribution in [3.8, 4) is 0 Å². The molecule has 0 bridgehead atoms. The Hall–Kier alpha value is -1.13. The number of aryl methyl sites for hydroxylation is 1. The number of nitrogens with zero attached hydrogens (tertiary/aromatic N) is 2. The van der Waals surface area contributed by atoms with E-state index in [1.165, 1.54) is 36.8 Å². The first-order valence-electron chi connectivity index (χ1n) is 7.34. The topological polar surface area (TPSA) is 51.4 Å². The van der Waals surface area contributed by atoms with Crippen LogP contribution in [0.3, 0.4) is 0 Å². The van der Waals surface area contributed by atoms with Crippen molar-refractivity contribution in [3.63, 3.8) is 0 Å². The summed E-state index contributed by atoms with van der Waals surface area (Å²) >= 11 is 0.